The molecule has 0 atom stereocenters. The minimum Gasteiger partial charge on any atom is -0.496 e. The predicted molar refractivity (Wildman–Crippen MR) is 88.1 cm³/mol. The first-order chi connectivity index (χ1) is 11.2. The lowest BCUT2D eigenvalue weighted by Gasteiger charge is -2.14. The third-order valence-electron chi connectivity index (χ3n) is 4.09. The van der Waals surface area contributed by atoms with Crippen molar-refractivity contribution < 1.29 is 14.3 Å². The number of methoxy groups -OCH3 is 1. The molecule has 4 rings (SSSR count). The van der Waals surface area contributed by atoms with Crippen LogP contribution in [0.2, 0.25) is 0 Å². The molecule has 0 radical (unpaired) electrons. The summed E-state index contributed by atoms with van der Waals surface area (Å²) in [4.78, 5) is 26.6. The van der Waals surface area contributed by atoms with Gasteiger partial charge in [0.05, 0.1) is 23.9 Å². The Labute approximate surface area is 132 Å². The number of ether oxygens (including phenoxy) is 1. The molecule has 0 fully saturated rings. The predicted octanol–water partition coefficient (Wildman–Crippen LogP) is 3.65. The van der Waals surface area contributed by atoms with Crippen LogP contribution in [0.25, 0.3) is 10.8 Å². The number of benzene rings is 3. The van der Waals surface area contributed by atoms with Crippen molar-refractivity contribution >= 4 is 28.3 Å². The first-order valence-corrected chi connectivity index (χ1v) is 7.25. The number of amides is 2. The highest BCUT2D eigenvalue weighted by Crippen LogP contribution is 2.34. The van der Waals surface area contributed by atoms with Crippen LogP contribution in [0.3, 0.4) is 0 Å². The average Bonchev–Trinajstić information content (AvgIpc) is 2.85. The van der Waals surface area contributed by atoms with Crippen LogP contribution in [0.4, 0.5) is 5.69 Å². The number of carbonyl (C=O) groups is 2. The first kappa shape index (κ1) is 13.5. The van der Waals surface area contributed by atoms with E-state index in [1.807, 2.05) is 36.4 Å². The van der Waals surface area contributed by atoms with E-state index in [0.717, 1.165) is 10.8 Å². The summed E-state index contributed by atoms with van der Waals surface area (Å²) in [6.07, 6.45) is 0. The van der Waals surface area contributed by atoms with Gasteiger partial charge in [-0.1, -0.05) is 36.4 Å². The summed E-state index contributed by atoms with van der Waals surface area (Å²) in [5, 5.41) is 2.04. The molecular weight excluding hydrogens is 290 g/mol. The van der Waals surface area contributed by atoms with Gasteiger partial charge in [-0.25, -0.2) is 4.90 Å². The van der Waals surface area contributed by atoms with Crippen molar-refractivity contribution in [3.63, 3.8) is 0 Å². The quantitative estimate of drug-likeness (QED) is 0.679. The Morgan fingerprint density at radius 3 is 2.39 bits per heavy atom. The molecule has 0 spiro atoms. The highest BCUT2D eigenvalue weighted by Gasteiger charge is 2.39. The molecule has 0 bridgehead atoms. The second-order valence-electron chi connectivity index (χ2n) is 5.36. The van der Waals surface area contributed by atoms with Gasteiger partial charge >= 0.3 is 0 Å². The Bertz CT molecular complexity index is 962. The average molecular weight is 303 g/mol. The fourth-order valence-corrected chi connectivity index (χ4v) is 2.97. The van der Waals surface area contributed by atoms with Crippen LogP contribution in [0.5, 0.6) is 5.75 Å². The minimum absolute atomic E-state index is 0.320. The van der Waals surface area contributed by atoms with E-state index in [2.05, 4.69) is 0 Å². The van der Waals surface area contributed by atoms with E-state index >= 15 is 0 Å². The van der Waals surface area contributed by atoms with Gasteiger partial charge in [-0.3, -0.25) is 9.59 Å². The van der Waals surface area contributed by atoms with Crippen molar-refractivity contribution in [2.24, 2.45) is 0 Å². The summed E-state index contributed by atoms with van der Waals surface area (Å²) in [7, 11) is 1.49. The number of hydrogen-bond donors (Lipinski definition) is 0. The maximum absolute atomic E-state index is 12.7. The number of fused-ring (bicyclic) bond motifs is 2. The third-order valence-corrected chi connectivity index (χ3v) is 4.09. The second-order valence-corrected chi connectivity index (χ2v) is 5.36. The molecule has 23 heavy (non-hydrogen) atoms. The summed E-state index contributed by atoms with van der Waals surface area (Å²) >= 11 is 0. The van der Waals surface area contributed by atoms with Crippen molar-refractivity contribution in [2.75, 3.05) is 12.0 Å². The molecule has 2 amide bonds. The highest BCUT2D eigenvalue weighted by molar-refractivity contribution is 6.35. The number of imide groups is 1. The zero-order valence-electron chi connectivity index (χ0n) is 12.4. The van der Waals surface area contributed by atoms with E-state index in [4.69, 9.17) is 4.74 Å². The molecule has 112 valence electrons. The van der Waals surface area contributed by atoms with Gasteiger partial charge in [-0.15, -0.1) is 0 Å². The van der Waals surface area contributed by atoms with Crippen molar-refractivity contribution in [3.05, 3.63) is 71.8 Å². The topological polar surface area (TPSA) is 46.6 Å². The minimum atomic E-state index is -0.349. The normalized spacial score (nSPS) is 13.5. The van der Waals surface area contributed by atoms with Crippen LogP contribution in [0.15, 0.2) is 60.7 Å². The number of rotatable bonds is 2. The highest BCUT2D eigenvalue weighted by atomic mass is 16.5. The van der Waals surface area contributed by atoms with Gasteiger partial charge in [0.1, 0.15) is 5.75 Å². The Kier molecular flexibility index (Phi) is 2.91. The summed E-state index contributed by atoms with van der Waals surface area (Å²) in [5.41, 5.74) is 1.27. The molecule has 0 saturated heterocycles. The molecule has 0 saturated carbocycles. The summed E-state index contributed by atoms with van der Waals surface area (Å²) in [5.74, 6) is -0.249. The lowest BCUT2D eigenvalue weighted by molar-refractivity contribution is 0.0925. The molecule has 3 aromatic rings. The van der Waals surface area contributed by atoms with Crippen LogP contribution in [0, 0.1) is 0 Å². The third kappa shape index (κ3) is 1.92. The van der Waals surface area contributed by atoms with E-state index in [1.165, 1.54) is 12.0 Å². The van der Waals surface area contributed by atoms with Crippen LogP contribution in [-0.4, -0.2) is 18.9 Å². The standard InChI is InChI=1S/C19H13NO3/c1-23-16-8-4-7-15-17(16)19(22)20(18(15)21)14-10-9-12-5-2-3-6-13(12)11-14/h2-11H,1H3. The zero-order chi connectivity index (χ0) is 16.0. The van der Waals surface area contributed by atoms with Gasteiger partial charge in [-0.05, 0) is 35.0 Å². The summed E-state index contributed by atoms with van der Waals surface area (Å²) in [6, 6.07) is 18.4. The van der Waals surface area contributed by atoms with Crippen molar-refractivity contribution in [1.29, 1.82) is 0 Å². The molecule has 0 N–H and O–H groups in total. The molecule has 0 unspecified atom stereocenters. The lowest BCUT2D eigenvalue weighted by Crippen LogP contribution is -2.29. The first-order valence-electron chi connectivity index (χ1n) is 7.25. The lowest BCUT2D eigenvalue weighted by atomic mass is 10.1. The van der Waals surface area contributed by atoms with Crippen LogP contribution >= 0.6 is 0 Å². The van der Waals surface area contributed by atoms with Gasteiger partial charge < -0.3 is 4.74 Å². The number of hydrogen-bond acceptors (Lipinski definition) is 3. The smallest absolute Gasteiger partial charge is 0.269 e. The largest absolute Gasteiger partial charge is 0.496 e. The van der Waals surface area contributed by atoms with Crippen molar-refractivity contribution in [3.8, 4) is 5.75 Å². The molecule has 1 heterocycles. The van der Waals surface area contributed by atoms with Crippen LogP contribution in [-0.2, 0) is 0 Å². The maximum Gasteiger partial charge on any atom is 0.269 e. The van der Waals surface area contributed by atoms with Crippen molar-refractivity contribution in [2.45, 2.75) is 0 Å². The number of carbonyl (C=O) groups excluding carboxylic acids is 2. The van der Waals surface area contributed by atoms with E-state index in [0.29, 0.717) is 22.6 Å². The van der Waals surface area contributed by atoms with E-state index < -0.39 is 0 Å². The molecule has 4 nitrogen and oxygen atoms in total. The van der Waals surface area contributed by atoms with Crippen molar-refractivity contribution in [1.82, 2.24) is 0 Å². The fraction of sp³-hybridized carbons (Fsp3) is 0.0526. The second kappa shape index (κ2) is 4.95. The maximum atomic E-state index is 12.7. The van der Waals surface area contributed by atoms with E-state index in [1.54, 1.807) is 24.3 Å². The van der Waals surface area contributed by atoms with Gasteiger partial charge in [0, 0.05) is 0 Å². The van der Waals surface area contributed by atoms with Crippen LogP contribution < -0.4 is 9.64 Å². The Morgan fingerprint density at radius 1 is 0.826 bits per heavy atom. The molecule has 1 aliphatic heterocycles. The Hall–Kier alpha value is -3.14. The molecular formula is C19H13NO3. The molecule has 0 aromatic heterocycles. The molecule has 4 heteroatoms. The molecule has 3 aromatic carbocycles. The SMILES string of the molecule is COc1cccc2c1C(=O)N(c1ccc3ccccc3c1)C2=O. The Morgan fingerprint density at radius 2 is 1.61 bits per heavy atom. The van der Waals surface area contributed by atoms with E-state index in [-0.39, 0.29) is 11.8 Å². The Balaban J connectivity index is 1.86. The molecule has 1 aliphatic rings. The summed E-state index contributed by atoms with van der Waals surface area (Å²) < 4.78 is 5.23. The molecule has 0 aliphatic carbocycles. The van der Waals surface area contributed by atoms with Gasteiger partial charge in [0.15, 0.2) is 0 Å². The zero-order valence-corrected chi connectivity index (χ0v) is 12.4. The van der Waals surface area contributed by atoms with Gasteiger partial charge in [-0.2, -0.15) is 0 Å². The van der Waals surface area contributed by atoms with Gasteiger partial charge in [0.25, 0.3) is 11.8 Å². The summed E-state index contributed by atoms with van der Waals surface area (Å²) in [6.45, 7) is 0. The van der Waals surface area contributed by atoms with Gasteiger partial charge in [0.2, 0.25) is 0 Å². The number of anilines is 1. The van der Waals surface area contributed by atoms with E-state index in [9.17, 15) is 9.59 Å². The monoisotopic (exact) mass is 303 g/mol. The number of nitrogens with zero attached hydrogens (tertiary/aromatic N) is 1. The van der Waals surface area contributed by atoms with Crippen LogP contribution in [0.1, 0.15) is 20.7 Å². The fourth-order valence-electron chi connectivity index (χ4n) is 2.97.